The molecule has 28 heavy (non-hydrogen) atoms. The normalized spacial score (nSPS) is 23.7. The van der Waals surface area contributed by atoms with Crippen LogP contribution in [-0.4, -0.2) is 9.52 Å². The summed E-state index contributed by atoms with van der Waals surface area (Å²) in [6.07, 6.45) is 24.8. The van der Waals surface area contributed by atoms with Gasteiger partial charge in [-0.2, -0.15) is 22.3 Å². The second kappa shape index (κ2) is 17.3. The second-order valence-electron chi connectivity index (χ2n) is 7.64. The van der Waals surface area contributed by atoms with Gasteiger partial charge >= 0.3 is 26.2 Å². The van der Waals surface area contributed by atoms with Crippen LogP contribution in [0.2, 0.25) is 13.1 Å². The van der Waals surface area contributed by atoms with Crippen molar-refractivity contribution in [3.8, 4) is 0 Å². The molecule has 0 spiro atoms. The molecule has 4 rings (SSSR count). The van der Waals surface area contributed by atoms with Crippen LogP contribution in [0.25, 0.3) is 0 Å². The number of hydrogen-bond donors (Lipinski definition) is 0. The molecule has 0 aromatic carbocycles. The number of halogens is 2. The van der Waals surface area contributed by atoms with Crippen molar-refractivity contribution < 1.29 is 51.0 Å². The summed E-state index contributed by atoms with van der Waals surface area (Å²) in [7, 11) is 0.750. The van der Waals surface area contributed by atoms with Crippen molar-refractivity contribution in [2.75, 3.05) is 0 Å². The molecular weight excluding hydrogens is 478 g/mol. The first kappa shape index (κ1) is 30.8. The fourth-order valence-electron chi connectivity index (χ4n) is 4.36. The van der Waals surface area contributed by atoms with Crippen LogP contribution in [0, 0.1) is 24.0 Å². The number of allylic oxidation sites excluding steroid dienone is 8. The first-order valence-electron chi connectivity index (χ1n) is 10.6. The molecule has 0 saturated carbocycles. The Balaban J connectivity index is 0. The van der Waals surface area contributed by atoms with E-state index in [0.29, 0.717) is 11.8 Å². The zero-order valence-electron chi connectivity index (χ0n) is 18.2. The molecule has 0 heterocycles. The van der Waals surface area contributed by atoms with Gasteiger partial charge in [-0.05, 0) is 12.8 Å². The second-order valence-corrected chi connectivity index (χ2v) is 8.79. The van der Waals surface area contributed by atoms with E-state index in [9.17, 15) is 0 Å². The third-order valence-corrected chi connectivity index (χ3v) is 5.68. The van der Waals surface area contributed by atoms with E-state index in [-0.39, 0.29) is 51.0 Å². The topological polar surface area (TPSA) is 0 Å². The standard InChI is InChI=1S/2C11H15.C2H7Si.2ClH.Zr/c2*1-2-9-7-8-10-5-3-4-6-11(9)10;1-3-2;;;/h2*8-9H,2-6H2,1H3;3H,1-2H3;2*1H;/q2*-1;;;;+4/p-2/t2*9-;;;;/m10..../s1. The fraction of sp³-hybridized carbons (Fsp3) is 0.667. The zero-order valence-corrected chi connectivity index (χ0v) is 23.3. The van der Waals surface area contributed by atoms with E-state index >= 15 is 0 Å². The zero-order chi connectivity index (χ0) is 18.1. The molecule has 0 unspecified atom stereocenters. The predicted molar refractivity (Wildman–Crippen MR) is 113 cm³/mol. The molecule has 2 atom stereocenters. The quantitative estimate of drug-likeness (QED) is 0.381. The first-order chi connectivity index (χ1) is 12.2. The average molecular weight is 516 g/mol. The molecule has 0 N–H and O–H groups in total. The molecule has 0 bridgehead atoms. The fourth-order valence-corrected chi connectivity index (χ4v) is 4.36. The molecule has 4 aliphatic carbocycles. The number of hydrogen-bond acceptors (Lipinski definition) is 0. The van der Waals surface area contributed by atoms with E-state index in [2.05, 4.69) is 51.2 Å². The van der Waals surface area contributed by atoms with Gasteiger partial charge in [0.05, 0.1) is 0 Å². The Morgan fingerprint density at radius 3 is 1.39 bits per heavy atom. The van der Waals surface area contributed by atoms with E-state index < -0.39 is 0 Å². The predicted octanol–water partition coefficient (Wildman–Crippen LogP) is 1.04. The van der Waals surface area contributed by atoms with Crippen LogP contribution in [0.4, 0.5) is 0 Å². The minimum atomic E-state index is 0. The van der Waals surface area contributed by atoms with Crippen LogP contribution in [0.1, 0.15) is 78.1 Å². The summed E-state index contributed by atoms with van der Waals surface area (Å²) < 4.78 is 0. The van der Waals surface area contributed by atoms with Gasteiger partial charge in [0.2, 0.25) is 0 Å². The van der Waals surface area contributed by atoms with Gasteiger partial charge in [-0.25, -0.2) is 12.2 Å². The van der Waals surface area contributed by atoms with E-state index in [1.807, 2.05) is 0 Å². The Morgan fingerprint density at radius 2 is 1.07 bits per heavy atom. The van der Waals surface area contributed by atoms with E-state index in [1.54, 1.807) is 22.3 Å². The molecule has 4 heteroatoms. The van der Waals surface area contributed by atoms with Crippen molar-refractivity contribution in [1.29, 1.82) is 0 Å². The van der Waals surface area contributed by atoms with Gasteiger partial charge < -0.3 is 24.8 Å². The Labute approximate surface area is 208 Å². The van der Waals surface area contributed by atoms with E-state index in [4.69, 9.17) is 0 Å². The summed E-state index contributed by atoms with van der Waals surface area (Å²) in [4.78, 5) is 0. The SMILES string of the molecule is CC[C@@H]1[C-]=CC2=C1CCCC2.CC[C@H]1[C-]=CC2=C1CCCC2.C[SiH]C.[Cl-].[Cl-].[Zr+4]. The monoisotopic (exact) mass is 513 g/mol. The molecule has 0 saturated heterocycles. The number of rotatable bonds is 2. The van der Waals surface area contributed by atoms with Crippen molar-refractivity contribution in [2.45, 2.75) is 91.1 Å². The van der Waals surface area contributed by atoms with Crippen LogP contribution < -0.4 is 24.8 Å². The maximum Gasteiger partial charge on any atom is 4.00 e. The molecule has 4 aliphatic rings. The Hall–Kier alpha value is 0.640. The molecule has 0 nitrogen and oxygen atoms in total. The smallest absolute Gasteiger partial charge is 1.00 e. The van der Waals surface area contributed by atoms with Crippen molar-refractivity contribution >= 4 is 9.52 Å². The first-order valence-corrected chi connectivity index (χ1v) is 12.9. The summed E-state index contributed by atoms with van der Waals surface area (Å²) >= 11 is 0. The maximum absolute atomic E-state index is 3.45. The van der Waals surface area contributed by atoms with Crippen LogP contribution >= 0.6 is 0 Å². The van der Waals surface area contributed by atoms with E-state index in [1.165, 1.54) is 64.2 Å². The van der Waals surface area contributed by atoms with Crippen LogP contribution in [0.5, 0.6) is 0 Å². The van der Waals surface area contributed by atoms with Crippen molar-refractivity contribution in [3.63, 3.8) is 0 Å². The minimum absolute atomic E-state index is 0. The largest absolute Gasteiger partial charge is 4.00 e. The van der Waals surface area contributed by atoms with Gasteiger partial charge in [-0.1, -0.05) is 90.1 Å². The summed E-state index contributed by atoms with van der Waals surface area (Å²) in [6.45, 7) is 8.94. The van der Waals surface area contributed by atoms with Crippen LogP contribution in [0.15, 0.2) is 34.4 Å². The van der Waals surface area contributed by atoms with Crippen molar-refractivity contribution in [3.05, 3.63) is 46.6 Å². The van der Waals surface area contributed by atoms with Gasteiger partial charge in [-0.3, -0.25) is 12.2 Å². The van der Waals surface area contributed by atoms with Gasteiger partial charge in [-0.15, -0.1) is 0 Å². The Bertz CT molecular complexity index is 501. The maximum atomic E-state index is 3.45. The summed E-state index contributed by atoms with van der Waals surface area (Å²) in [6, 6.07) is 0. The molecule has 0 aromatic rings. The van der Waals surface area contributed by atoms with Crippen molar-refractivity contribution in [2.24, 2.45) is 11.8 Å². The Morgan fingerprint density at radius 1 is 0.750 bits per heavy atom. The van der Waals surface area contributed by atoms with Crippen LogP contribution in [-0.2, 0) is 26.2 Å². The van der Waals surface area contributed by atoms with Gasteiger partial charge in [0.1, 0.15) is 0 Å². The van der Waals surface area contributed by atoms with Gasteiger partial charge in [0.15, 0.2) is 0 Å². The third kappa shape index (κ3) is 8.79. The molecule has 155 valence electrons. The van der Waals surface area contributed by atoms with Gasteiger partial charge in [0, 0.05) is 9.52 Å². The molecular formula is C24H37Cl2SiZr. The van der Waals surface area contributed by atoms with Gasteiger partial charge in [0.25, 0.3) is 0 Å². The van der Waals surface area contributed by atoms with Crippen molar-refractivity contribution in [1.82, 2.24) is 0 Å². The Kier molecular flexibility index (Phi) is 19.1. The summed E-state index contributed by atoms with van der Waals surface area (Å²) in [5, 5.41) is 0. The molecule has 1 radical (unpaired) electrons. The minimum Gasteiger partial charge on any atom is -1.00 e. The summed E-state index contributed by atoms with van der Waals surface area (Å²) in [5.41, 5.74) is 6.64. The molecule has 0 aliphatic heterocycles. The van der Waals surface area contributed by atoms with E-state index in [0.717, 1.165) is 9.52 Å². The molecule has 0 amide bonds. The third-order valence-electron chi connectivity index (χ3n) is 5.68. The molecule has 0 fully saturated rings. The summed E-state index contributed by atoms with van der Waals surface area (Å²) in [5.74, 6) is 1.37. The molecule has 0 aromatic heterocycles. The average Bonchev–Trinajstić information content (AvgIpc) is 3.26. The van der Waals surface area contributed by atoms with Crippen LogP contribution in [0.3, 0.4) is 0 Å².